The standard InChI is InChI=1S/C16H22N2O4/c1-4-22-16(19)13-5-6-14(15(8-13)18(20)21)17-9-11(2)7-12(3)10-17/h5-6,8,11-12H,4,7,9-10H2,1-3H3/t11-,12+. The molecule has 0 N–H and O–H groups in total. The Labute approximate surface area is 130 Å². The molecule has 1 aromatic carbocycles. The minimum atomic E-state index is -0.530. The molecule has 1 aliphatic heterocycles. The van der Waals surface area contributed by atoms with Gasteiger partial charge in [-0.15, -0.1) is 0 Å². The van der Waals surface area contributed by atoms with Crippen LogP contribution in [-0.2, 0) is 4.74 Å². The van der Waals surface area contributed by atoms with E-state index >= 15 is 0 Å². The van der Waals surface area contributed by atoms with E-state index in [1.165, 1.54) is 6.07 Å². The molecule has 6 nitrogen and oxygen atoms in total. The van der Waals surface area contributed by atoms with Crippen molar-refractivity contribution in [1.29, 1.82) is 0 Å². The van der Waals surface area contributed by atoms with E-state index in [4.69, 9.17) is 4.74 Å². The van der Waals surface area contributed by atoms with Crippen LogP contribution in [0.1, 0.15) is 37.6 Å². The van der Waals surface area contributed by atoms with Crippen LogP contribution in [0, 0.1) is 22.0 Å². The van der Waals surface area contributed by atoms with Crippen LogP contribution in [0.2, 0.25) is 0 Å². The zero-order valence-electron chi connectivity index (χ0n) is 13.2. The van der Waals surface area contributed by atoms with Gasteiger partial charge in [0, 0.05) is 19.2 Å². The van der Waals surface area contributed by atoms with Crippen LogP contribution in [0.25, 0.3) is 0 Å². The van der Waals surface area contributed by atoms with E-state index in [0.717, 1.165) is 19.5 Å². The number of carbonyl (C=O) groups is 1. The Morgan fingerprint density at radius 1 is 1.36 bits per heavy atom. The van der Waals surface area contributed by atoms with Crippen LogP contribution < -0.4 is 4.90 Å². The normalized spacial score (nSPS) is 21.5. The van der Waals surface area contributed by atoms with Crippen LogP contribution >= 0.6 is 0 Å². The van der Waals surface area contributed by atoms with Gasteiger partial charge < -0.3 is 9.64 Å². The zero-order valence-corrected chi connectivity index (χ0v) is 13.2. The van der Waals surface area contributed by atoms with Gasteiger partial charge >= 0.3 is 5.97 Å². The minimum Gasteiger partial charge on any atom is -0.462 e. The number of hydrogen-bond acceptors (Lipinski definition) is 5. The molecule has 0 bridgehead atoms. The molecule has 1 heterocycles. The molecular formula is C16H22N2O4. The zero-order chi connectivity index (χ0) is 16.3. The first kappa shape index (κ1) is 16.3. The Balaban J connectivity index is 2.35. The first-order chi connectivity index (χ1) is 10.4. The number of rotatable bonds is 4. The number of piperidine rings is 1. The van der Waals surface area contributed by atoms with Crippen molar-refractivity contribution in [1.82, 2.24) is 0 Å². The molecule has 6 heteroatoms. The van der Waals surface area contributed by atoms with Gasteiger partial charge in [0.15, 0.2) is 0 Å². The molecule has 0 aromatic heterocycles. The van der Waals surface area contributed by atoms with Gasteiger partial charge in [-0.05, 0) is 37.3 Å². The van der Waals surface area contributed by atoms with E-state index in [-0.39, 0.29) is 17.9 Å². The van der Waals surface area contributed by atoms with E-state index in [1.807, 2.05) is 4.90 Å². The Morgan fingerprint density at radius 2 is 2.00 bits per heavy atom. The molecule has 2 rings (SSSR count). The van der Waals surface area contributed by atoms with Crippen LogP contribution in [0.3, 0.4) is 0 Å². The number of ether oxygens (including phenoxy) is 1. The lowest BCUT2D eigenvalue weighted by atomic mass is 9.91. The van der Waals surface area contributed by atoms with Crippen LogP contribution in [0.4, 0.5) is 11.4 Å². The van der Waals surface area contributed by atoms with E-state index < -0.39 is 10.9 Å². The van der Waals surface area contributed by atoms with Gasteiger partial charge in [-0.3, -0.25) is 10.1 Å². The molecule has 0 unspecified atom stereocenters. The molecular weight excluding hydrogens is 284 g/mol. The van der Waals surface area contributed by atoms with E-state index in [9.17, 15) is 14.9 Å². The van der Waals surface area contributed by atoms with Gasteiger partial charge in [0.2, 0.25) is 0 Å². The summed E-state index contributed by atoms with van der Waals surface area (Å²) in [7, 11) is 0. The molecule has 120 valence electrons. The number of hydrogen-bond donors (Lipinski definition) is 0. The second kappa shape index (κ2) is 6.77. The summed E-state index contributed by atoms with van der Waals surface area (Å²) >= 11 is 0. The average Bonchev–Trinajstić information content (AvgIpc) is 2.45. The number of nitro groups is 1. The topological polar surface area (TPSA) is 72.7 Å². The quantitative estimate of drug-likeness (QED) is 0.485. The summed E-state index contributed by atoms with van der Waals surface area (Å²) in [4.78, 5) is 24.8. The Bertz CT molecular complexity index is 563. The number of carbonyl (C=O) groups excluding carboxylic acids is 1. The maximum absolute atomic E-state index is 11.8. The molecule has 2 atom stereocenters. The van der Waals surface area contributed by atoms with Crippen molar-refractivity contribution in [3.63, 3.8) is 0 Å². The lowest BCUT2D eigenvalue weighted by Gasteiger charge is -2.36. The number of nitro benzene ring substituents is 1. The summed E-state index contributed by atoms with van der Waals surface area (Å²) in [6.07, 6.45) is 1.13. The highest BCUT2D eigenvalue weighted by Crippen LogP contribution is 2.33. The third-order valence-electron chi connectivity index (χ3n) is 3.89. The number of esters is 1. The summed E-state index contributed by atoms with van der Waals surface area (Å²) in [5, 5.41) is 11.4. The molecule has 22 heavy (non-hydrogen) atoms. The molecule has 0 amide bonds. The van der Waals surface area contributed by atoms with Crippen LogP contribution in [0.5, 0.6) is 0 Å². The van der Waals surface area contributed by atoms with E-state index in [1.54, 1.807) is 19.1 Å². The minimum absolute atomic E-state index is 0.0353. The van der Waals surface area contributed by atoms with Gasteiger partial charge in [0.1, 0.15) is 5.69 Å². The fourth-order valence-corrected chi connectivity index (χ4v) is 3.14. The molecule has 1 aliphatic rings. The van der Waals surface area contributed by atoms with Crippen molar-refractivity contribution in [2.24, 2.45) is 11.8 Å². The van der Waals surface area contributed by atoms with Crippen molar-refractivity contribution < 1.29 is 14.5 Å². The predicted octanol–water partition coefficient (Wildman–Crippen LogP) is 3.25. The molecule has 0 spiro atoms. The number of anilines is 1. The van der Waals surface area contributed by atoms with Gasteiger partial charge in [0.05, 0.1) is 17.1 Å². The number of benzene rings is 1. The fourth-order valence-electron chi connectivity index (χ4n) is 3.14. The SMILES string of the molecule is CCOC(=O)c1ccc(N2C[C@H](C)C[C@H](C)C2)c([N+](=O)[O-])c1. The third kappa shape index (κ3) is 3.55. The molecule has 0 aliphatic carbocycles. The first-order valence-corrected chi connectivity index (χ1v) is 7.62. The predicted molar refractivity (Wildman–Crippen MR) is 84.2 cm³/mol. The maximum atomic E-state index is 11.8. The van der Waals surface area contributed by atoms with Gasteiger partial charge in [0.25, 0.3) is 5.69 Å². The monoisotopic (exact) mass is 306 g/mol. The van der Waals surface area contributed by atoms with Gasteiger partial charge in [-0.25, -0.2) is 4.79 Å². The van der Waals surface area contributed by atoms with Gasteiger partial charge in [-0.2, -0.15) is 0 Å². The van der Waals surface area contributed by atoms with Crippen molar-refractivity contribution in [3.8, 4) is 0 Å². The molecule has 1 aromatic rings. The Hall–Kier alpha value is -2.11. The van der Waals surface area contributed by atoms with Crippen molar-refractivity contribution in [2.45, 2.75) is 27.2 Å². The highest BCUT2D eigenvalue weighted by Gasteiger charge is 2.28. The van der Waals surface area contributed by atoms with E-state index in [2.05, 4.69) is 13.8 Å². The lowest BCUT2D eigenvalue weighted by molar-refractivity contribution is -0.384. The number of nitrogens with zero attached hydrogens (tertiary/aromatic N) is 2. The fraction of sp³-hybridized carbons (Fsp3) is 0.562. The summed E-state index contributed by atoms with van der Waals surface area (Å²) < 4.78 is 4.91. The highest BCUT2D eigenvalue weighted by atomic mass is 16.6. The second-order valence-electron chi connectivity index (χ2n) is 6.03. The first-order valence-electron chi connectivity index (χ1n) is 7.62. The highest BCUT2D eigenvalue weighted by molar-refractivity contribution is 5.91. The molecule has 1 saturated heterocycles. The third-order valence-corrected chi connectivity index (χ3v) is 3.89. The maximum Gasteiger partial charge on any atom is 0.338 e. The molecule has 1 fully saturated rings. The summed E-state index contributed by atoms with van der Waals surface area (Å²) in [5.41, 5.74) is 0.763. The molecule has 0 radical (unpaired) electrons. The summed E-state index contributed by atoms with van der Waals surface area (Å²) in [6, 6.07) is 4.58. The van der Waals surface area contributed by atoms with Gasteiger partial charge in [-0.1, -0.05) is 13.8 Å². The van der Waals surface area contributed by atoms with Crippen LogP contribution in [-0.4, -0.2) is 30.6 Å². The van der Waals surface area contributed by atoms with E-state index in [0.29, 0.717) is 17.5 Å². The Kier molecular flexibility index (Phi) is 5.00. The smallest absolute Gasteiger partial charge is 0.338 e. The second-order valence-corrected chi connectivity index (χ2v) is 6.03. The molecule has 0 saturated carbocycles. The lowest BCUT2D eigenvalue weighted by Crippen LogP contribution is -2.39. The Morgan fingerprint density at radius 3 is 2.55 bits per heavy atom. The van der Waals surface area contributed by atoms with Crippen molar-refractivity contribution in [3.05, 3.63) is 33.9 Å². The van der Waals surface area contributed by atoms with Crippen molar-refractivity contribution >= 4 is 17.3 Å². The summed E-state index contributed by atoms with van der Waals surface area (Å²) in [5.74, 6) is 0.457. The van der Waals surface area contributed by atoms with Crippen molar-refractivity contribution in [2.75, 3.05) is 24.6 Å². The largest absolute Gasteiger partial charge is 0.462 e. The average molecular weight is 306 g/mol. The summed E-state index contributed by atoms with van der Waals surface area (Å²) in [6.45, 7) is 7.85. The van der Waals surface area contributed by atoms with Crippen LogP contribution in [0.15, 0.2) is 18.2 Å².